The molecule has 0 aliphatic carbocycles. The Hall–Kier alpha value is -3.18. The molecule has 2 aromatic carbocycles. The van der Waals surface area contributed by atoms with Crippen LogP contribution in [0.5, 0.6) is 0 Å². The topological polar surface area (TPSA) is 71.2 Å². The van der Waals surface area contributed by atoms with Gasteiger partial charge < -0.3 is 15.0 Å². The molecule has 1 saturated heterocycles. The van der Waals surface area contributed by atoms with Gasteiger partial charge in [0.1, 0.15) is 5.56 Å². The third-order valence-electron chi connectivity index (χ3n) is 4.97. The molecule has 0 radical (unpaired) electrons. The number of aromatic amines is 1. The Kier molecular flexibility index (Phi) is 5.35. The van der Waals surface area contributed by atoms with E-state index >= 15 is 0 Å². The van der Waals surface area contributed by atoms with Crippen LogP contribution in [0.1, 0.15) is 23.2 Å². The van der Waals surface area contributed by atoms with Gasteiger partial charge in [0.2, 0.25) is 0 Å². The van der Waals surface area contributed by atoms with Crippen LogP contribution in [0.15, 0.2) is 71.5 Å². The molecule has 1 aromatic heterocycles. The highest BCUT2D eigenvalue weighted by molar-refractivity contribution is 5.94. The number of nitrogens with one attached hydrogen (secondary N) is 2. The molecule has 2 N–H and O–H groups in total. The lowest BCUT2D eigenvalue weighted by Crippen LogP contribution is -2.35. The zero-order valence-corrected chi connectivity index (χ0v) is 15.5. The van der Waals surface area contributed by atoms with E-state index in [4.69, 9.17) is 4.74 Å². The SMILES string of the molecule is O=C(NCC1CCCO1)c1ccc(-c2ccc(-c3ccccc3)cc2)[nH]c1=O. The third kappa shape index (κ3) is 4.05. The summed E-state index contributed by atoms with van der Waals surface area (Å²) in [4.78, 5) is 27.5. The van der Waals surface area contributed by atoms with Crippen molar-refractivity contribution in [1.29, 1.82) is 0 Å². The lowest BCUT2D eigenvalue weighted by atomic mass is 10.0. The molecule has 4 rings (SSSR count). The fraction of sp³-hybridized carbons (Fsp3) is 0.217. The minimum atomic E-state index is -0.394. The van der Waals surface area contributed by atoms with E-state index < -0.39 is 5.56 Å². The molecule has 1 aliphatic rings. The van der Waals surface area contributed by atoms with E-state index in [0.717, 1.165) is 36.1 Å². The summed E-state index contributed by atoms with van der Waals surface area (Å²) in [6.07, 6.45) is 2.00. The first kappa shape index (κ1) is 18.2. The van der Waals surface area contributed by atoms with Crippen molar-refractivity contribution in [2.45, 2.75) is 18.9 Å². The number of pyridine rings is 1. The maximum atomic E-state index is 12.4. The molecule has 1 unspecified atom stereocenters. The summed E-state index contributed by atoms with van der Waals surface area (Å²) in [6.45, 7) is 1.17. The number of ether oxygens (including phenoxy) is 1. The zero-order valence-electron chi connectivity index (χ0n) is 15.5. The van der Waals surface area contributed by atoms with Crippen molar-refractivity contribution < 1.29 is 9.53 Å². The van der Waals surface area contributed by atoms with E-state index in [1.165, 1.54) is 0 Å². The van der Waals surface area contributed by atoms with Crippen molar-refractivity contribution >= 4 is 5.91 Å². The van der Waals surface area contributed by atoms with Crippen molar-refractivity contribution in [1.82, 2.24) is 10.3 Å². The van der Waals surface area contributed by atoms with Crippen LogP contribution in [0.25, 0.3) is 22.4 Å². The molecule has 1 aliphatic heterocycles. The highest BCUT2D eigenvalue weighted by Gasteiger charge is 2.18. The molecule has 5 nitrogen and oxygen atoms in total. The average molecular weight is 374 g/mol. The maximum absolute atomic E-state index is 12.4. The van der Waals surface area contributed by atoms with Crippen LogP contribution >= 0.6 is 0 Å². The van der Waals surface area contributed by atoms with Gasteiger partial charge in [0.05, 0.1) is 6.10 Å². The van der Waals surface area contributed by atoms with Crippen molar-refractivity contribution in [3.8, 4) is 22.4 Å². The fourth-order valence-electron chi connectivity index (χ4n) is 3.40. The van der Waals surface area contributed by atoms with Gasteiger partial charge in [-0.05, 0) is 41.7 Å². The lowest BCUT2D eigenvalue weighted by Gasteiger charge is -2.11. The predicted molar refractivity (Wildman–Crippen MR) is 109 cm³/mol. The normalized spacial score (nSPS) is 16.1. The van der Waals surface area contributed by atoms with E-state index in [1.54, 1.807) is 12.1 Å². The van der Waals surface area contributed by atoms with E-state index in [0.29, 0.717) is 12.2 Å². The second-order valence-electron chi connectivity index (χ2n) is 6.90. The highest BCUT2D eigenvalue weighted by atomic mass is 16.5. The predicted octanol–water partition coefficient (Wildman–Crippen LogP) is 3.62. The fourth-order valence-corrected chi connectivity index (χ4v) is 3.40. The van der Waals surface area contributed by atoms with E-state index in [1.807, 2.05) is 42.5 Å². The smallest absolute Gasteiger partial charge is 0.261 e. The summed E-state index contributed by atoms with van der Waals surface area (Å²) < 4.78 is 5.49. The first-order valence-corrected chi connectivity index (χ1v) is 9.50. The Bertz CT molecular complexity index is 1000. The number of carbonyl (C=O) groups excluding carboxylic acids is 1. The summed E-state index contributed by atoms with van der Waals surface area (Å²) in [5.41, 5.74) is 3.54. The largest absolute Gasteiger partial charge is 0.376 e. The van der Waals surface area contributed by atoms with Crippen molar-refractivity contribution in [2.24, 2.45) is 0 Å². The Morgan fingerprint density at radius 3 is 2.36 bits per heavy atom. The van der Waals surface area contributed by atoms with Crippen LogP contribution in [0.4, 0.5) is 0 Å². The van der Waals surface area contributed by atoms with Crippen molar-refractivity contribution in [3.05, 3.63) is 82.6 Å². The van der Waals surface area contributed by atoms with E-state index in [-0.39, 0.29) is 17.6 Å². The van der Waals surface area contributed by atoms with Crippen LogP contribution in [-0.2, 0) is 4.74 Å². The van der Waals surface area contributed by atoms with Crippen LogP contribution < -0.4 is 10.9 Å². The summed E-state index contributed by atoms with van der Waals surface area (Å²) in [5.74, 6) is -0.372. The number of hydrogen-bond donors (Lipinski definition) is 2. The zero-order chi connectivity index (χ0) is 19.3. The van der Waals surface area contributed by atoms with Gasteiger partial charge in [-0.1, -0.05) is 54.6 Å². The molecule has 2 heterocycles. The van der Waals surface area contributed by atoms with Gasteiger partial charge in [-0.25, -0.2) is 0 Å². The molecule has 0 saturated carbocycles. The van der Waals surface area contributed by atoms with Crippen LogP contribution in [0.3, 0.4) is 0 Å². The molecular formula is C23H22N2O3. The van der Waals surface area contributed by atoms with Gasteiger partial charge in [0.15, 0.2) is 0 Å². The number of benzene rings is 2. The summed E-state index contributed by atoms with van der Waals surface area (Å²) in [7, 11) is 0. The van der Waals surface area contributed by atoms with Crippen LogP contribution in [0, 0.1) is 0 Å². The molecule has 5 heteroatoms. The Morgan fingerprint density at radius 2 is 1.68 bits per heavy atom. The van der Waals surface area contributed by atoms with Gasteiger partial charge >= 0.3 is 0 Å². The summed E-state index contributed by atoms with van der Waals surface area (Å²) in [5, 5.41) is 2.78. The summed E-state index contributed by atoms with van der Waals surface area (Å²) in [6, 6.07) is 21.4. The molecule has 3 aromatic rings. The van der Waals surface area contributed by atoms with Crippen molar-refractivity contribution in [3.63, 3.8) is 0 Å². The molecule has 0 spiro atoms. The van der Waals surface area contributed by atoms with Gasteiger partial charge in [0.25, 0.3) is 11.5 Å². The number of aromatic nitrogens is 1. The number of amides is 1. The maximum Gasteiger partial charge on any atom is 0.261 e. The highest BCUT2D eigenvalue weighted by Crippen LogP contribution is 2.23. The molecule has 1 fully saturated rings. The standard InChI is InChI=1S/C23H22N2O3/c26-22(24-15-19-7-4-14-28-19)20-12-13-21(25-23(20)27)18-10-8-17(9-11-18)16-5-2-1-3-6-16/h1-3,5-6,8-13,19H,4,7,14-15H2,(H,24,26)(H,25,27). The van der Waals surface area contributed by atoms with E-state index in [2.05, 4.69) is 22.4 Å². The second-order valence-corrected chi connectivity index (χ2v) is 6.90. The number of hydrogen-bond acceptors (Lipinski definition) is 3. The van der Waals surface area contributed by atoms with Crippen LogP contribution in [0.2, 0.25) is 0 Å². The molecule has 28 heavy (non-hydrogen) atoms. The van der Waals surface area contributed by atoms with Crippen LogP contribution in [-0.4, -0.2) is 30.1 Å². The van der Waals surface area contributed by atoms with Gasteiger partial charge in [-0.15, -0.1) is 0 Å². The van der Waals surface area contributed by atoms with Gasteiger partial charge in [-0.2, -0.15) is 0 Å². The van der Waals surface area contributed by atoms with Gasteiger partial charge in [0, 0.05) is 18.8 Å². The molecule has 0 bridgehead atoms. The lowest BCUT2D eigenvalue weighted by molar-refractivity contribution is 0.0856. The molecule has 1 atom stereocenters. The quantitative estimate of drug-likeness (QED) is 0.717. The van der Waals surface area contributed by atoms with Crippen molar-refractivity contribution in [2.75, 3.05) is 13.2 Å². The first-order valence-electron chi connectivity index (χ1n) is 9.50. The molecule has 142 valence electrons. The van der Waals surface area contributed by atoms with E-state index in [9.17, 15) is 9.59 Å². The van der Waals surface area contributed by atoms with Gasteiger partial charge in [-0.3, -0.25) is 9.59 Å². The minimum Gasteiger partial charge on any atom is -0.376 e. The Labute approximate surface area is 163 Å². The number of H-pyrrole nitrogens is 1. The Morgan fingerprint density at radius 1 is 0.964 bits per heavy atom. The number of carbonyl (C=O) groups is 1. The first-order chi connectivity index (χ1) is 13.7. The molecule has 1 amide bonds. The molecular weight excluding hydrogens is 352 g/mol. The summed E-state index contributed by atoms with van der Waals surface area (Å²) >= 11 is 0. The third-order valence-corrected chi connectivity index (χ3v) is 4.97. The minimum absolute atomic E-state index is 0.0467. The average Bonchev–Trinajstić information content (AvgIpc) is 3.26. The second kappa shape index (κ2) is 8.23. The number of rotatable bonds is 5. The monoisotopic (exact) mass is 374 g/mol. The Balaban J connectivity index is 1.48.